The SMILES string of the molecule is Cc1cc(Br)ccc1NC(=O)CCC(=O)OCC(=O)N[C@@H](C)c1ccccc1. The Morgan fingerprint density at radius 1 is 1.04 bits per heavy atom. The van der Waals surface area contributed by atoms with E-state index in [2.05, 4.69) is 26.6 Å². The lowest BCUT2D eigenvalue weighted by molar-refractivity contribution is -0.149. The van der Waals surface area contributed by atoms with Crippen LogP contribution in [0.4, 0.5) is 5.69 Å². The minimum atomic E-state index is -0.592. The van der Waals surface area contributed by atoms with Gasteiger partial charge in [-0.2, -0.15) is 0 Å². The molecule has 1 atom stereocenters. The summed E-state index contributed by atoms with van der Waals surface area (Å²) in [6.07, 6.45) is -0.112. The van der Waals surface area contributed by atoms with Gasteiger partial charge in [0.1, 0.15) is 0 Å². The molecule has 7 heteroatoms. The van der Waals surface area contributed by atoms with Crippen molar-refractivity contribution in [2.24, 2.45) is 0 Å². The molecular weight excluding hydrogens is 424 g/mol. The summed E-state index contributed by atoms with van der Waals surface area (Å²) < 4.78 is 5.87. The number of carbonyl (C=O) groups excluding carboxylic acids is 3. The summed E-state index contributed by atoms with van der Waals surface area (Å²) in [5.41, 5.74) is 2.56. The molecule has 0 saturated heterocycles. The Bertz CT molecular complexity index is 840. The summed E-state index contributed by atoms with van der Waals surface area (Å²) in [5.74, 6) is -1.27. The van der Waals surface area contributed by atoms with Crippen LogP contribution in [-0.2, 0) is 19.1 Å². The minimum Gasteiger partial charge on any atom is -0.456 e. The van der Waals surface area contributed by atoms with Crippen molar-refractivity contribution in [3.63, 3.8) is 0 Å². The van der Waals surface area contributed by atoms with Crippen molar-refractivity contribution >= 4 is 39.4 Å². The molecule has 0 saturated carbocycles. The molecule has 2 aromatic carbocycles. The fourth-order valence-corrected chi connectivity index (χ4v) is 3.00. The van der Waals surface area contributed by atoms with E-state index >= 15 is 0 Å². The van der Waals surface area contributed by atoms with Gasteiger partial charge in [-0.25, -0.2) is 0 Å². The molecule has 2 N–H and O–H groups in total. The van der Waals surface area contributed by atoms with E-state index in [-0.39, 0.29) is 37.3 Å². The fourth-order valence-electron chi connectivity index (χ4n) is 2.52. The van der Waals surface area contributed by atoms with Crippen LogP contribution in [0.5, 0.6) is 0 Å². The quantitative estimate of drug-likeness (QED) is 0.602. The van der Waals surface area contributed by atoms with Crippen LogP contribution < -0.4 is 10.6 Å². The molecule has 28 heavy (non-hydrogen) atoms. The molecule has 0 aromatic heterocycles. The lowest BCUT2D eigenvalue weighted by Gasteiger charge is -2.14. The van der Waals surface area contributed by atoms with Crippen LogP contribution in [0.15, 0.2) is 53.0 Å². The Kier molecular flexibility index (Phi) is 8.19. The van der Waals surface area contributed by atoms with Crippen molar-refractivity contribution in [1.82, 2.24) is 5.32 Å². The van der Waals surface area contributed by atoms with Crippen LogP contribution in [-0.4, -0.2) is 24.4 Å². The number of ether oxygens (including phenoxy) is 1. The minimum absolute atomic E-state index is 0.0175. The molecule has 2 aromatic rings. The summed E-state index contributed by atoms with van der Waals surface area (Å²) in [6, 6.07) is 14.8. The van der Waals surface area contributed by atoms with Crippen LogP contribution in [0.3, 0.4) is 0 Å². The van der Waals surface area contributed by atoms with Gasteiger partial charge in [-0.1, -0.05) is 46.3 Å². The molecule has 0 aliphatic heterocycles. The smallest absolute Gasteiger partial charge is 0.306 e. The number of anilines is 1. The number of rotatable bonds is 8. The molecule has 2 rings (SSSR count). The van der Waals surface area contributed by atoms with Crippen LogP contribution in [0.1, 0.15) is 36.9 Å². The van der Waals surface area contributed by atoms with Gasteiger partial charge in [-0.15, -0.1) is 0 Å². The average molecular weight is 447 g/mol. The van der Waals surface area contributed by atoms with Gasteiger partial charge in [0, 0.05) is 16.6 Å². The number of benzene rings is 2. The number of halogens is 1. The van der Waals surface area contributed by atoms with E-state index in [1.807, 2.05) is 56.3 Å². The largest absolute Gasteiger partial charge is 0.456 e. The lowest BCUT2D eigenvalue weighted by atomic mass is 10.1. The Morgan fingerprint density at radius 3 is 2.43 bits per heavy atom. The summed E-state index contributed by atoms with van der Waals surface area (Å²) in [7, 11) is 0. The number of hydrogen-bond acceptors (Lipinski definition) is 4. The summed E-state index contributed by atoms with van der Waals surface area (Å²) in [6.45, 7) is 3.36. The highest BCUT2D eigenvalue weighted by Crippen LogP contribution is 2.20. The van der Waals surface area contributed by atoms with Crippen molar-refractivity contribution in [2.45, 2.75) is 32.7 Å². The Balaban J connectivity index is 1.69. The van der Waals surface area contributed by atoms with E-state index in [0.717, 1.165) is 15.6 Å². The predicted octanol–water partition coefficient (Wildman–Crippen LogP) is 3.90. The fraction of sp³-hybridized carbons (Fsp3) is 0.286. The van der Waals surface area contributed by atoms with E-state index in [9.17, 15) is 14.4 Å². The van der Waals surface area contributed by atoms with Gasteiger partial charge in [-0.3, -0.25) is 14.4 Å². The maximum Gasteiger partial charge on any atom is 0.306 e. The normalized spacial score (nSPS) is 11.4. The molecule has 2 amide bonds. The first-order chi connectivity index (χ1) is 13.3. The summed E-state index contributed by atoms with van der Waals surface area (Å²) in [4.78, 5) is 35.7. The van der Waals surface area contributed by atoms with Crippen molar-refractivity contribution in [3.8, 4) is 0 Å². The number of hydrogen-bond donors (Lipinski definition) is 2. The molecule has 0 aliphatic carbocycles. The monoisotopic (exact) mass is 446 g/mol. The van der Waals surface area contributed by atoms with E-state index in [0.29, 0.717) is 5.69 Å². The zero-order chi connectivity index (χ0) is 20.5. The predicted molar refractivity (Wildman–Crippen MR) is 111 cm³/mol. The molecule has 0 bridgehead atoms. The second kappa shape index (κ2) is 10.6. The van der Waals surface area contributed by atoms with Crippen LogP contribution in [0.25, 0.3) is 0 Å². The van der Waals surface area contributed by atoms with Gasteiger partial charge in [0.25, 0.3) is 5.91 Å². The third-order valence-electron chi connectivity index (χ3n) is 4.06. The van der Waals surface area contributed by atoms with Crippen molar-refractivity contribution in [1.29, 1.82) is 0 Å². The molecule has 0 fully saturated rings. The molecule has 0 unspecified atom stereocenters. The van der Waals surface area contributed by atoms with Crippen LogP contribution in [0, 0.1) is 6.92 Å². The van der Waals surface area contributed by atoms with Gasteiger partial charge in [0.05, 0.1) is 12.5 Å². The average Bonchev–Trinajstić information content (AvgIpc) is 2.67. The van der Waals surface area contributed by atoms with E-state index in [4.69, 9.17) is 4.74 Å². The van der Waals surface area contributed by atoms with Gasteiger partial charge in [0.2, 0.25) is 5.91 Å². The number of amides is 2. The first-order valence-electron chi connectivity index (χ1n) is 8.91. The third kappa shape index (κ3) is 7.15. The molecule has 148 valence electrons. The zero-order valence-electron chi connectivity index (χ0n) is 15.8. The Morgan fingerprint density at radius 2 is 1.75 bits per heavy atom. The van der Waals surface area contributed by atoms with Crippen LogP contribution >= 0.6 is 15.9 Å². The highest BCUT2D eigenvalue weighted by atomic mass is 79.9. The molecule has 0 spiro atoms. The molecule has 6 nitrogen and oxygen atoms in total. The topological polar surface area (TPSA) is 84.5 Å². The highest BCUT2D eigenvalue weighted by molar-refractivity contribution is 9.10. The second-order valence-corrected chi connectivity index (χ2v) is 7.28. The second-order valence-electron chi connectivity index (χ2n) is 6.37. The first-order valence-corrected chi connectivity index (χ1v) is 9.70. The molecule has 0 heterocycles. The summed E-state index contributed by atoms with van der Waals surface area (Å²) >= 11 is 3.36. The van der Waals surface area contributed by atoms with E-state index < -0.39 is 5.97 Å². The molecule has 0 radical (unpaired) electrons. The first kappa shape index (κ1) is 21.6. The maximum absolute atomic E-state index is 12.0. The Labute approximate surface area is 172 Å². The highest BCUT2D eigenvalue weighted by Gasteiger charge is 2.13. The van der Waals surface area contributed by atoms with Crippen molar-refractivity contribution < 1.29 is 19.1 Å². The van der Waals surface area contributed by atoms with E-state index in [1.54, 1.807) is 6.07 Å². The molecule has 0 aliphatic rings. The third-order valence-corrected chi connectivity index (χ3v) is 4.55. The zero-order valence-corrected chi connectivity index (χ0v) is 17.4. The van der Waals surface area contributed by atoms with Gasteiger partial charge in [-0.05, 0) is 43.2 Å². The van der Waals surface area contributed by atoms with E-state index in [1.165, 1.54) is 0 Å². The number of aryl methyl sites for hydroxylation is 1. The number of carbonyl (C=O) groups is 3. The van der Waals surface area contributed by atoms with Gasteiger partial charge in [0.15, 0.2) is 6.61 Å². The van der Waals surface area contributed by atoms with Crippen LogP contribution in [0.2, 0.25) is 0 Å². The summed E-state index contributed by atoms with van der Waals surface area (Å²) in [5, 5.41) is 5.52. The maximum atomic E-state index is 12.0. The molecular formula is C21H23BrN2O4. The van der Waals surface area contributed by atoms with Gasteiger partial charge < -0.3 is 15.4 Å². The standard InChI is InChI=1S/C21H23BrN2O4/c1-14-12-17(22)8-9-18(14)24-19(25)10-11-21(27)28-13-20(26)23-15(2)16-6-4-3-5-7-16/h3-9,12,15H,10-11,13H2,1-2H3,(H,23,26)(H,24,25)/t15-/m0/s1. The van der Waals surface area contributed by atoms with Crippen molar-refractivity contribution in [2.75, 3.05) is 11.9 Å². The van der Waals surface area contributed by atoms with Crippen molar-refractivity contribution in [3.05, 3.63) is 64.1 Å². The lowest BCUT2D eigenvalue weighted by Crippen LogP contribution is -2.31. The Hall–Kier alpha value is -2.67. The van der Waals surface area contributed by atoms with Gasteiger partial charge >= 0.3 is 5.97 Å². The number of nitrogens with one attached hydrogen (secondary N) is 2. The number of esters is 1.